The van der Waals surface area contributed by atoms with Gasteiger partial charge in [0.2, 0.25) is 0 Å². The molecule has 1 N–H and O–H groups in total. The molecule has 37 heavy (non-hydrogen) atoms. The Balaban J connectivity index is 1.36. The third-order valence-corrected chi connectivity index (χ3v) is 7.90. The molecule has 0 spiro atoms. The van der Waals surface area contributed by atoms with Crippen molar-refractivity contribution in [3.8, 4) is 0 Å². The summed E-state index contributed by atoms with van der Waals surface area (Å²) in [5.74, 6) is -0.0259. The predicted molar refractivity (Wildman–Crippen MR) is 147 cm³/mol. The van der Waals surface area contributed by atoms with Crippen LogP contribution in [0.4, 0.5) is 8.78 Å². The standard InChI is InChI=1S/C27H30ClF2N5OS/c1-17(24-22(29)9-10-23(30)25(24)28)35-14-11-31-26(18(35)2)33-32-19(3)37-16-20-7-6-8-21(15-20)27(36)34-12-4-5-13-34/h6-10,15,17H,2,4-5,11-14,16H2,1,3H3,(H,31,33)/b32-19+. The minimum atomic E-state index is -0.664. The molecule has 1 fully saturated rings. The van der Waals surface area contributed by atoms with E-state index < -0.39 is 17.7 Å². The van der Waals surface area contributed by atoms with E-state index in [2.05, 4.69) is 22.1 Å². The van der Waals surface area contributed by atoms with E-state index in [1.54, 1.807) is 6.92 Å². The number of hydrogen-bond acceptors (Lipinski definition) is 6. The molecular weight excluding hydrogens is 516 g/mol. The van der Waals surface area contributed by atoms with E-state index in [9.17, 15) is 13.6 Å². The Morgan fingerprint density at radius 1 is 1.22 bits per heavy atom. The quantitative estimate of drug-likeness (QED) is 0.209. The average Bonchev–Trinajstić information content (AvgIpc) is 3.44. The molecule has 0 radical (unpaired) electrons. The fourth-order valence-corrected chi connectivity index (χ4v) is 5.47. The van der Waals surface area contributed by atoms with Crippen molar-refractivity contribution in [3.05, 3.63) is 82.0 Å². The van der Waals surface area contributed by atoms with Crippen LogP contribution in [0.5, 0.6) is 0 Å². The highest BCUT2D eigenvalue weighted by Gasteiger charge is 2.28. The topological polar surface area (TPSA) is 60.3 Å². The van der Waals surface area contributed by atoms with E-state index in [-0.39, 0.29) is 16.5 Å². The monoisotopic (exact) mass is 545 g/mol. The second-order valence-corrected chi connectivity index (χ2v) is 10.6. The molecule has 1 amide bonds. The highest BCUT2D eigenvalue weighted by Crippen LogP contribution is 2.34. The number of rotatable bonds is 6. The Kier molecular flexibility index (Phi) is 8.87. The summed E-state index contributed by atoms with van der Waals surface area (Å²) >= 11 is 7.62. The normalized spacial score (nSPS) is 17.2. The van der Waals surface area contributed by atoms with Crippen LogP contribution in [0.1, 0.15) is 54.2 Å². The predicted octanol–water partition coefficient (Wildman–Crippen LogP) is 6.00. The molecule has 10 heteroatoms. The van der Waals surface area contributed by atoms with Crippen LogP contribution in [0.25, 0.3) is 0 Å². The molecule has 1 unspecified atom stereocenters. The van der Waals surface area contributed by atoms with E-state index in [0.29, 0.717) is 35.9 Å². The van der Waals surface area contributed by atoms with Crippen molar-refractivity contribution in [1.29, 1.82) is 0 Å². The molecule has 0 bridgehead atoms. The van der Waals surface area contributed by atoms with E-state index in [1.807, 2.05) is 41.0 Å². The fourth-order valence-electron chi connectivity index (χ4n) is 4.49. The van der Waals surface area contributed by atoms with Gasteiger partial charge in [0.05, 0.1) is 28.3 Å². The first-order valence-corrected chi connectivity index (χ1v) is 13.6. The number of benzene rings is 2. The molecule has 2 aromatic rings. The van der Waals surface area contributed by atoms with Gasteiger partial charge in [-0.05, 0) is 56.5 Å². The van der Waals surface area contributed by atoms with Crippen LogP contribution in [0, 0.1) is 11.6 Å². The number of amides is 1. The highest BCUT2D eigenvalue weighted by atomic mass is 35.5. The molecule has 0 aliphatic carbocycles. The second kappa shape index (κ2) is 12.1. The first-order chi connectivity index (χ1) is 17.8. The molecule has 196 valence electrons. The SMILES string of the molecule is C=C1C(N/N=C(\C)SCc2cccc(C(=O)N3CCCC3)c2)=NCCN1C(C)c1c(F)ccc(F)c1Cl. The van der Waals surface area contributed by atoms with Crippen molar-refractivity contribution in [2.45, 2.75) is 38.5 Å². The fraction of sp³-hybridized carbons (Fsp3) is 0.370. The minimum Gasteiger partial charge on any atom is -0.360 e. The van der Waals surface area contributed by atoms with Gasteiger partial charge in [-0.1, -0.05) is 30.3 Å². The van der Waals surface area contributed by atoms with E-state index in [4.69, 9.17) is 11.6 Å². The number of hydrazone groups is 1. The van der Waals surface area contributed by atoms with Crippen molar-refractivity contribution in [2.24, 2.45) is 10.1 Å². The minimum absolute atomic E-state index is 0.0865. The third kappa shape index (κ3) is 6.33. The van der Waals surface area contributed by atoms with Gasteiger partial charge in [0.15, 0.2) is 5.84 Å². The van der Waals surface area contributed by atoms with Crippen molar-refractivity contribution in [1.82, 2.24) is 15.2 Å². The lowest BCUT2D eigenvalue weighted by molar-refractivity contribution is 0.0792. The Labute approximate surface area is 225 Å². The van der Waals surface area contributed by atoms with Crippen molar-refractivity contribution in [3.63, 3.8) is 0 Å². The number of halogens is 3. The average molecular weight is 546 g/mol. The second-order valence-electron chi connectivity index (χ2n) is 9.03. The van der Waals surface area contributed by atoms with Gasteiger partial charge in [0.1, 0.15) is 11.6 Å². The Morgan fingerprint density at radius 3 is 2.70 bits per heavy atom. The smallest absolute Gasteiger partial charge is 0.253 e. The van der Waals surface area contributed by atoms with Crippen molar-refractivity contribution >= 4 is 40.1 Å². The lowest BCUT2D eigenvalue weighted by atomic mass is 10.0. The summed E-state index contributed by atoms with van der Waals surface area (Å²) in [6.45, 7) is 10.3. The zero-order chi connectivity index (χ0) is 26.5. The molecule has 2 aliphatic rings. The lowest BCUT2D eigenvalue weighted by Gasteiger charge is -2.36. The van der Waals surface area contributed by atoms with Gasteiger partial charge >= 0.3 is 0 Å². The van der Waals surface area contributed by atoms with Gasteiger partial charge in [-0.25, -0.2) is 8.78 Å². The van der Waals surface area contributed by atoms with Gasteiger partial charge in [-0.2, -0.15) is 5.10 Å². The molecule has 4 rings (SSSR count). The number of nitrogens with zero attached hydrogens (tertiary/aromatic N) is 4. The number of amidine groups is 1. The van der Waals surface area contributed by atoms with Gasteiger partial charge < -0.3 is 9.80 Å². The molecule has 0 aromatic heterocycles. The van der Waals surface area contributed by atoms with E-state index >= 15 is 0 Å². The number of hydrogen-bond donors (Lipinski definition) is 1. The Bertz CT molecular complexity index is 1250. The number of carbonyl (C=O) groups is 1. The van der Waals surface area contributed by atoms with Crippen LogP contribution in [-0.4, -0.2) is 52.8 Å². The van der Waals surface area contributed by atoms with E-state index in [1.165, 1.54) is 11.8 Å². The summed E-state index contributed by atoms with van der Waals surface area (Å²) in [5, 5.41) is 4.97. The molecule has 1 atom stereocenters. The van der Waals surface area contributed by atoms with Crippen LogP contribution in [-0.2, 0) is 5.75 Å². The summed E-state index contributed by atoms with van der Waals surface area (Å²) < 4.78 is 28.5. The van der Waals surface area contributed by atoms with Gasteiger partial charge in [-0.15, -0.1) is 11.8 Å². The molecule has 2 aromatic carbocycles. The number of likely N-dealkylation sites (tertiary alicyclic amines) is 1. The Morgan fingerprint density at radius 2 is 1.95 bits per heavy atom. The summed E-state index contributed by atoms with van der Waals surface area (Å²) in [5.41, 5.74) is 5.33. The third-order valence-electron chi connectivity index (χ3n) is 6.53. The maximum absolute atomic E-state index is 14.5. The van der Waals surface area contributed by atoms with Crippen LogP contribution in [0.2, 0.25) is 5.02 Å². The first-order valence-electron chi connectivity index (χ1n) is 12.2. The molecule has 2 aliphatic heterocycles. The molecule has 1 saturated heterocycles. The van der Waals surface area contributed by atoms with Crippen LogP contribution >= 0.6 is 23.4 Å². The maximum atomic E-state index is 14.5. The van der Waals surface area contributed by atoms with Crippen molar-refractivity contribution in [2.75, 3.05) is 26.2 Å². The van der Waals surface area contributed by atoms with Crippen LogP contribution < -0.4 is 5.43 Å². The Hall–Kier alpha value is -2.91. The van der Waals surface area contributed by atoms with Gasteiger partial charge in [0, 0.05) is 36.5 Å². The highest BCUT2D eigenvalue weighted by molar-refractivity contribution is 8.13. The molecular formula is C27H30ClF2N5OS. The van der Waals surface area contributed by atoms with Crippen LogP contribution in [0.3, 0.4) is 0 Å². The number of thioether (sulfide) groups is 1. The zero-order valence-corrected chi connectivity index (χ0v) is 22.5. The summed E-state index contributed by atoms with van der Waals surface area (Å²) in [4.78, 5) is 20.9. The zero-order valence-electron chi connectivity index (χ0n) is 20.9. The molecule has 2 heterocycles. The number of aliphatic imine (C=N–C) groups is 1. The van der Waals surface area contributed by atoms with Gasteiger partial charge in [0.25, 0.3) is 5.91 Å². The van der Waals surface area contributed by atoms with Crippen molar-refractivity contribution < 1.29 is 13.6 Å². The maximum Gasteiger partial charge on any atom is 0.253 e. The van der Waals surface area contributed by atoms with Crippen LogP contribution in [0.15, 0.2) is 58.8 Å². The molecule has 6 nitrogen and oxygen atoms in total. The molecule has 0 saturated carbocycles. The van der Waals surface area contributed by atoms with E-state index in [0.717, 1.165) is 48.7 Å². The number of nitrogens with one attached hydrogen (secondary N) is 1. The summed E-state index contributed by atoms with van der Waals surface area (Å²) in [7, 11) is 0. The lowest BCUT2D eigenvalue weighted by Crippen LogP contribution is -2.40. The number of carbonyl (C=O) groups excluding carboxylic acids is 1. The van der Waals surface area contributed by atoms with Gasteiger partial charge in [-0.3, -0.25) is 15.2 Å². The first kappa shape index (κ1) is 27.1. The summed E-state index contributed by atoms with van der Waals surface area (Å²) in [6.07, 6.45) is 2.13. The summed E-state index contributed by atoms with van der Waals surface area (Å²) in [6, 6.07) is 9.26. The largest absolute Gasteiger partial charge is 0.360 e.